The quantitative estimate of drug-likeness (QED) is 0.0994. The van der Waals surface area contributed by atoms with Gasteiger partial charge in [0.05, 0.1) is 5.92 Å². The van der Waals surface area contributed by atoms with Crippen LogP contribution in [0.4, 0.5) is 0 Å². The lowest BCUT2D eigenvalue weighted by Gasteiger charge is -2.11. The van der Waals surface area contributed by atoms with Gasteiger partial charge in [0.15, 0.2) is 0 Å². The summed E-state index contributed by atoms with van der Waals surface area (Å²) in [6, 6.07) is 0. The van der Waals surface area contributed by atoms with Crippen LogP contribution in [0.1, 0.15) is 194 Å². The molecule has 4 nitrogen and oxygen atoms in total. The van der Waals surface area contributed by atoms with E-state index in [0.717, 1.165) is 38.5 Å². The van der Waals surface area contributed by atoms with Gasteiger partial charge in [0.2, 0.25) is 0 Å². The summed E-state index contributed by atoms with van der Waals surface area (Å²) in [5, 5.41) is 17.6. The molecular formula is C33H66O4. The number of hydrogen-bond donors (Lipinski definition) is 2. The fraction of sp³-hybridized carbons (Fsp3) is 0.939. The van der Waals surface area contributed by atoms with Crippen molar-refractivity contribution in [1.29, 1.82) is 0 Å². The summed E-state index contributed by atoms with van der Waals surface area (Å²) in [5.41, 5.74) is 0. The molecule has 0 amide bonds. The minimum atomic E-state index is -0.653. The van der Waals surface area contributed by atoms with Gasteiger partial charge in [-0.3, -0.25) is 9.59 Å². The minimum absolute atomic E-state index is 0.0894. The molecule has 1 unspecified atom stereocenters. The van der Waals surface area contributed by atoms with Gasteiger partial charge in [0.25, 0.3) is 0 Å². The van der Waals surface area contributed by atoms with E-state index in [2.05, 4.69) is 20.8 Å². The Morgan fingerprint density at radius 2 is 0.703 bits per heavy atom. The molecule has 0 aromatic heterocycles. The molecule has 0 heterocycles. The van der Waals surface area contributed by atoms with E-state index in [9.17, 15) is 9.59 Å². The molecule has 0 fully saturated rings. The highest BCUT2D eigenvalue weighted by Crippen LogP contribution is 2.19. The monoisotopic (exact) mass is 526 g/mol. The van der Waals surface area contributed by atoms with Crippen molar-refractivity contribution < 1.29 is 19.8 Å². The van der Waals surface area contributed by atoms with E-state index < -0.39 is 11.9 Å². The first kappa shape index (κ1) is 38.1. The lowest BCUT2D eigenvalue weighted by molar-refractivity contribution is -0.142. The first-order valence-electron chi connectivity index (χ1n) is 16.4. The highest BCUT2D eigenvalue weighted by molar-refractivity contribution is 5.69. The van der Waals surface area contributed by atoms with Crippen molar-refractivity contribution in [3.05, 3.63) is 0 Å². The van der Waals surface area contributed by atoms with Crippen LogP contribution in [-0.2, 0) is 9.59 Å². The Balaban J connectivity index is 0. The maximum absolute atomic E-state index is 11.1. The molecule has 4 heteroatoms. The number of hydrogen-bond acceptors (Lipinski definition) is 2. The van der Waals surface area contributed by atoms with E-state index in [-0.39, 0.29) is 5.92 Å². The second kappa shape index (κ2) is 33.0. The summed E-state index contributed by atoms with van der Waals surface area (Å²) >= 11 is 0. The van der Waals surface area contributed by atoms with Gasteiger partial charge in [-0.2, -0.15) is 0 Å². The Kier molecular flexibility index (Phi) is 33.9. The number of carboxylic acids is 2. The van der Waals surface area contributed by atoms with Crippen LogP contribution >= 0.6 is 0 Å². The van der Waals surface area contributed by atoms with E-state index in [1.54, 1.807) is 0 Å². The maximum atomic E-state index is 11.1. The van der Waals surface area contributed by atoms with E-state index in [0.29, 0.717) is 6.42 Å². The molecule has 0 saturated heterocycles. The Labute approximate surface area is 231 Å². The van der Waals surface area contributed by atoms with E-state index in [1.807, 2.05) is 0 Å². The van der Waals surface area contributed by atoms with E-state index in [1.165, 1.54) is 128 Å². The van der Waals surface area contributed by atoms with Crippen LogP contribution in [-0.4, -0.2) is 22.2 Å². The molecule has 0 aromatic carbocycles. The summed E-state index contributed by atoms with van der Waals surface area (Å²) in [5.74, 6) is -1.33. The molecule has 0 aromatic rings. The molecule has 0 aliphatic heterocycles. The van der Waals surface area contributed by atoms with Crippen LogP contribution in [0.2, 0.25) is 0 Å². The molecule has 0 bridgehead atoms. The summed E-state index contributed by atoms with van der Waals surface area (Å²) in [6.07, 6.45) is 32.8. The van der Waals surface area contributed by atoms with Crippen molar-refractivity contribution in [3.8, 4) is 0 Å². The van der Waals surface area contributed by atoms with Gasteiger partial charge in [-0.25, -0.2) is 0 Å². The first-order chi connectivity index (χ1) is 18.0. The van der Waals surface area contributed by atoms with Crippen LogP contribution in [0.5, 0.6) is 0 Å². The molecule has 0 aliphatic carbocycles. The Bertz CT molecular complexity index is 463. The zero-order valence-electron chi connectivity index (χ0n) is 25.4. The van der Waals surface area contributed by atoms with Gasteiger partial charge >= 0.3 is 11.9 Å². The topological polar surface area (TPSA) is 74.6 Å². The lowest BCUT2D eigenvalue weighted by Crippen LogP contribution is -2.13. The summed E-state index contributed by atoms with van der Waals surface area (Å²) < 4.78 is 0. The zero-order chi connectivity index (χ0) is 27.8. The van der Waals surface area contributed by atoms with Gasteiger partial charge in [-0.1, -0.05) is 168 Å². The summed E-state index contributed by atoms with van der Waals surface area (Å²) in [4.78, 5) is 21.4. The SMILES string of the molecule is CCCCCCCC(CCCCCC)C(=O)O.CCCCCCCCCCCCCCCCCC(=O)O. The summed E-state index contributed by atoms with van der Waals surface area (Å²) in [7, 11) is 0. The number of unbranched alkanes of at least 4 members (excludes halogenated alkanes) is 21. The van der Waals surface area contributed by atoms with Crippen molar-refractivity contribution in [2.24, 2.45) is 5.92 Å². The molecule has 0 radical (unpaired) electrons. The highest BCUT2D eigenvalue weighted by Gasteiger charge is 2.15. The van der Waals surface area contributed by atoms with E-state index in [4.69, 9.17) is 10.2 Å². The fourth-order valence-corrected chi connectivity index (χ4v) is 4.85. The molecule has 0 aliphatic rings. The van der Waals surface area contributed by atoms with Gasteiger partial charge in [0.1, 0.15) is 0 Å². The Hall–Kier alpha value is -1.06. The normalized spacial score (nSPS) is 11.6. The Morgan fingerprint density at radius 1 is 0.432 bits per heavy atom. The maximum Gasteiger partial charge on any atom is 0.306 e. The van der Waals surface area contributed by atoms with Crippen molar-refractivity contribution in [2.45, 2.75) is 194 Å². The van der Waals surface area contributed by atoms with Crippen molar-refractivity contribution >= 4 is 11.9 Å². The molecule has 0 saturated carbocycles. The molecule has 2 N–H and O–H groups in total. The second-order valence-corrected chi connectivity index (χ2v) is 11.2. The van der Waals surface area contributed by atoms with E-state index >= 15 is 0 Å². The number of carboxylic acid groups (broad SMARTS) is 2. The van der Waals surface area contributed by atoms with Gasteiger partial charge in [-0.05, 0) is 19.3 Å². The van der Waals surface area contributed by atoms with Crippen LogP contribution in [0, 0.1) is 5.92 Å². The zero-order valence-corrected chi connectivity index (χ0v) is 25.4. The van der Waals surface area contributed by atoms with Crippen LogP contribution in [0.25, 0.3) is 0 Å². The number of aliphatic carboxylic acids is 2. The van der Waals surface area contributed by atoms with Crippen molar-refractivity contribution in [3.63, 3.8) is 0 Å². The lowest BCUT2D eigenvalue weighted by atomic mass is 9.94. The van der Waals surface area contributed by atoms with Crippen LogP contribution in [0.15, 0.2) is 0 Å². The van der Waals surface area contributed by atoms with Gasteiger partial charge in [0, 0.05) is 6.42 Å². The van der Waals surface area contributed by atoms with Gasteiger partial charge < -0.3 is 10.2 Å². The average molecular weight is 527 g/mol. The molecule has 0 spiro atoms. The highest BCUT2D eigenvalue weighted by atomic mass is 16.4. The van der Waals surface area contributed by atoms with Crippen molar-refractivity contribution in [1.82, 2.24) is 0 Å². The smallest absolute Gasteiger partial charge is 0.306 e. The average Bonchev–Trinajstić information content (AvgIpc) is 2.87. The predicted octanol–water partition coefficient (Wildman–Crippen LogP) is 11.4. The molecule has 37 heavy (non-hydrogen) atoms. The molecule has 0 rings (SSSR count). The number of carbonyl (C=O) groups is 2. The summed E-state index contributed by atoms with van der Waals surface area (Å²) in [6.45, 7) is 6.66. The van der Waals surface area contributed by atoms with Crippen LogP contribution in [0.3, 0.4) is 0 Å². The third-order valence-electron chi connectivity index (χ3n) is 7.41. The molecule has 1 atom stereocenters. The third kappa shape index (κ3) is 34.9. The van der Waals surface area contributed by atoms with Gasteiger partial charge in [-0.15, -0.1) is 0 Å². The molecular weight excluding hydrogens is 460 g/mol. The third-order valence-corrected chi connectivity index (χ3v) is 7.41. The predicted molar refractivity (Wildman–Crippen MR) is 160 cm³/mol. The first-order valence-corrected chi connectivity index (χ1v) is 16.4. The Morgan fingerprint density at radius 3 is 1.00 bits per heavy atom. The minimum Gasteiger partial charge on any atom is -0.481 e. The standard InChI is InChI=1S/C18H36O2.C15H30O2/c1-2-3-4-5-6-7-8-9-10-11-12-13-14-15-16-17-18(19)20;1-3-5-7-9-11-13-14(15(16)17)12-10-8-6-4-2/h2-17H2,1H3,(H,19,20);14H,3-13H2,1-2H3,(H,16,17). The largest absolute Gasteiger partial charge is 0.481 e. The second-order valence-electron chi connectivity index (χ2n) is 11.2. The van der Waals surface area contributed by atoms with Crippen molar-refractivity contribution in [2.75, 3.05) is 0 Å². The number of rotatable bonds is 28. The fourth-order valence-electron chi connectivity index (χ4n) is 4.85. The van der Waals surface area contributed by atoms with Crippen LogP contribution < -0.4 is 0 Å². The molecule has 222 valence electrons.